The zero-order valence-corrected chi connectivity index (χ0v) is 26.3. The summed E-state index contributed by atoms with van der Waals surface area (Å²) < 4.78 is 82.8. The Bertz CT molecular complexity index is 2490. The Morgan fingerprint density at radius 3 is 1.33 bits per heavy atom. The van der Waals surface area contributed by atoms with Gasteiger partial charge in [0.2, 0.25) is 0 Å². The molecule has 7 rings (SSSR count). The Morgan fingerprint density at radius 2 is 0.904 bits per heavy atom. The highest BCUT2D eigenvalue weighted by Crippen LogP contribution is 2.51. The molecule has 0 aliphatic heterocycles. The zero-order valence-electron chi connectivity index (χ0n) is 26.3. The summed E-state index contributed by atoms with van der Waals surface area (Å²) in [5.74, 6) is -8.49. The number of fused-ring (bicyclic) bond motifs is 3. The Balaban J connectivity index is 1.37. The Morgan fingerprint density at radius 1 is 0.481 bits per heavy atom. The van der Waals surface area contributed by atoms with Crippen molar-refractivity contribution in [2.24, 2.45) is 0 Å². The van der Waals surface area contributed by atoms with Gasteiger partial charge in [0.1, 0.15) is 0 Å². The molecule has 0 unspecified atom stereocenters. The summed E-state index contributed by atoms with van der Waals surface area (Å²) in [6.45, 7) is 15.6. The number of nitriles is 2. The topological polar surface area (TPSA) is 56.3 Å². The number of hydrogen-bond donors (Lipinski definition) is 0. The lowest BCUT2D eigenvalue weighted by Crippen LogP contribution is -1.93. The first kappa shape index (κ1) is 33.1. The zero-order chi connectivity index (χ0) is 36.8. The predicted molar refractivity (Wildman–Crippen MR) is 183 cm³/mol. The van der Waals surface area contributed by atoms with Crippen LogP contribution in [-0.2, 0) is 0 Å². The van der Waals surface area contributed by atoms with Gasteiger partial charge in [0.25, 0.3) is 5.70 Å². The molecular weight excluding hydrogens is 674 g/mol. The third-order valence-corrected chi connectivity index (χ3v) is 8.84. The molecule has 0 saturated carbocycles. The maximum Gasteiger partial charge on any atom is 0.270 e. The van der Waals surface area contributed by atoms with Crippen molar-refractivity contribution in [3.8, 4) is 67.8 Å². The van der Waals surface area contributed by atoms with Gasteiger partial charge < -0.3 is 0 Å². The SMILES string of the molecule is [C-]#[N+]/C(C#N)=C1/c2cc(C#N)c(-c3ccc(-c4cc(F)c(F)c(F)c4)cc3)cc2-c2cc(-c3ccc(-c4cc(F)c(F)c(F)c4)cc3)c([N+]#[C-])cc21. The van der Waals surface area contributed by atoms with E-state index in [1.807, 2.05) is 6.07 Å². The third-order valence-electron chi connectivity index (χ3n) is 8.84. The normalized spacial score (nSPS) is 12.2. The number of rotatable bonds is 4. The van der Waals surface area contributed by atoms with E-state index >= 15 is 0 Å². The molecule has 0 amide bonds. The molecule has 0 aromatic heterocycles. The highest BCUT2D eigenvalue weighted by molar-refractivity contribution is 6.07. The summed E-state index contributed by atoms with van der Waals surface area (Å²) in [6.07, 6.45) is 0. The van der Waals surface area contributed by atoms with Crippen molar-refractivity contribution in [3.63, 3.8) is 0 Å². The molecule has 0 heterocycles. The molecule has 4 nitrogen and oxygen atoms in total. The maximum atomic E-state index is 13.9. The minimum Gasteiger partial charge on any atom is -0.237 e. The van der Waals surface area contributed by atoms with Crippen LogP contribution in [0.15, 0.2) is 103 Å². The monoisotopic (exact) mass is 690 g/mol. The molecule has 52 heavy (non-hydrogen) atoms. The van der Waals surface area contributed by atoms with E-state index in [0.717, 1.165) is 24.3 Å². The predicted octanol–water partition coefficient (Wildman–Crippen LogP) is 11.8. The van der Waals surface area contributed by atoms with E-state index in [1.165, 1.54) is 0 Å². The molecule has 246 valence electrons. The van der Waals surface area contributed by atoms with E-state index in [0.29, 0.717) is 55.6 Å². The largest absolute Gasteiger partial charge is 0.270 e. The van der Waals surface area contributed by atoms with E-state index in [2.05, 4.69) is 15.8 Å². The summed E-state index contributed by atoms with van der Waals surface area (Å²) >= 11 is 0. The van der Waals surface area contributed by atoms with Crippen LogP contribution in [0, 0.1) is 70.7 Å². The second-order valence-corrected chi connectivity index (χ2v) is 11.7. The smallest absolute Gasteiger partial charge is 0.237 e. The molecule has 0 radical (unpaired) electrons. The second kappa shape index (κ2) is 12.8. The minimum absolute atomic E-state index is 0.109. The average Bonchev–Trinajstić information content (AvgIpc) is 3.47. The van der Waals surface area contributed by atoms with Gasteiger partial charge in [0.05, 0.1) is 30.8 Å². The first-order chi connectivity index (χ1) is 25.1. The average molecular weight is 691 g/mol. The van der Waals surface area contributed by atoms with Gasteiger partial charge in [0.15, 0.2) is 40.6 Å². The van der Waals surface area contributed by atoms with Crippen molar-refractivity contribution in [1.29, 1.82) is 10.5 Å². The fourth-order valence-corrected chi connectivity index (χ4v) is 6.37. The maximum absolute atomic E-state index is 13.9. The van der Waals surface area contributed by atoms with Gasteiger partial charge in [-0.2, -0.15) is 5.26 Å². The summed E-state index contributed by atoms with van der Waals surface area (Å²) in [6, 6.07) is 27.0. The highest BCUT2D eigenvalue weighted by atomic mass is 19.2. The number of halogens is 6. The molecule has 0 saturated heterocycles. The highest BCUT2D eigenvalue weighted by Gasteiger charge is 2.30. The summed E-state index contributed by atoms with van der Waals surface area (Å²) in [5.41, 5.74) is 5.45. The lowest BCUT2D eigenvalue weighted by Gasteiger charge is -2.12. The van der Waals surface area contributed by atoms with Crippen molar-refractivity contribution < 1.29 is 26.3 Å². The fourth-order valence-electron chi connectivity index (χ4n) is 6.37. The minimum atomic E-state index is -1.58. The van der Waals surface area contributed by atoms with E-state index in [4.69, 9.17) is 13.1 Å². The van der Waals surface area contributed by atoms with Gasteiger partial charge in [-0.1, -0.05) is 54.6 Å². The molecule has 1 aliphatic carbocycles. The van der Waals surface area contributed by atoms with Crippen LogP contribution in [0.3, 0.4) is 0 Å². The summed E-state index contributed by atoms with van der Waals surface area (Å²) in [5, 5.41) is 20.1. The van der Waals surface area contributed by atoms with Gasteiger partial charge in [-0.05, 0) is 104 Å². The van der Waals surface area contributed by atoms with Crippen molar-refractivity contribution in [2.75, 3.05) is 0 Å². The molecule has 6 aromatic carbocycles. The van der Waals surface area contributed by atoms with Gasteiger partial charge in [-0.15, -0.1) is 0 Å². The van der Waals surface area contributed by atoms with Crippen LogP contribution in [0.25, 0.3) is 70.9 Å². The first-order valence-electron chi connectivity index (χ1n) is 15.2. The van der Waals surface area contributed by atoms with Crippen LogP contribution in [-0.4, -0.2) is 0 Å². The van der Waals surface area contributed by atoms with E-state index in [-0.39, 0.29) is 33.6 Å². The van der Waals surface area contributed by atoms with Crippen LogP contribution < -0.4 is 0 Å². The van der Waals surface area contributed by atoms with Crippen LogP contribution in [0.1, 0.15) is 16.7 Å². The lowest BCUT2D eigenvalue weighted by molar-refractivity contribution is 0.447. The van der Waals surface area contributed by atoms with Gasteiger partial charge >= 0.3 is 0 Å². The quantitative estimate of drug-likeness (QED) is 0.0799. The van der Waals surface area contributed by atoms with Crippen LogP contribution in [0.4, 0.5) is 32.0 Å². The Labute approximate surface area is 292 Å². The van der Waals surface area contributed by atoms with Gasteiger partial charge in [-0.3, -0.25) is 0 Å². The van der Waals surface area contributed by atoms with Crippen molar-refractivity contribution in [1.82, 2.24) is 0 Å². The molecule has 0 fully saturated rings. The number of hydrogen-bond acceptors (Lipinski definition) is 2. The molecule has 10 heteroatoms. The molecule has 0 spiro atoms. The Hall–Kier alpha value is -7.40. The number of allylic oxidation sites excluding steroid dienone is 1. The van der Waals surface area contributed by atoms with E-state index < -0.39 is 34.9 Å². The molecule has 0 N–H and O–H groups in total. The fraction of sp³-hybridized carbons (Fsp3) is 0. The third kappa shape index (κ3) is 5.42. The van der Waals surface area contributed by atoms with Crippen molar-refractivity contribution >= 4 is 11.3 Å². The molecule has 6 aromatic rings. The van der Waals surface area contributed by atoms with Gasteiger partial charge in [0, 0.05) is 11.1 Å². The van der Waals surface area contributed by atoms with Gasteiger partial charge in [-0.25, -0.2) is 41.3 Å². The molecule has 0 atom stereocenters. The van der Waals surface area contributed by atoms with Crippen LogP contribution in [0.2, 0.25) is 0 Å². The lowest BCUT2D eigenvalue weighted by atomic mass is 9.91. The second-order valence-electron chi connectivity index (χ2n) is 11.7. The van der Waals surface area contributed by atoms with Crippen molar-refractivity contribution in [2.45, 2.75) is 0 Å². The van der Waals surface area contributed by atoms with Crippen LogP contribution >= 0.6 is 0 Å². The van der Waals surface area contributed by atoms with Crippen LogP contribution in [0.5, 0.6) is 0 Å². The number of nitrogens with zero attached hydrogens (tertiary/aromatic N) is 4. The summed E-state index contributed by atoms with van der Waals surface area (Å²) in [4.78, 5) is 7.13. The number of benzene rings is 6. The van der Waals surface area contributed by atoms with E-state index in [9.17, 15) is 36.9 Å². The standard InChI is InChI=1S/C42H16F6N4/c1-51-38-18-33-31(17-29(38)24-9-5-22(6-10-24)26-14-36(45)42(48)37(46)15-26)30-16-28(27(19-49)11-32(30)40(33)39(20-50)52-2)23-7-3-21(4-8-23)25-12-34(43)41(47)35(44)13-25/h3-18H/b40-39-. The van der Waals surface area contributed by atoms with E-state index in [1.54, 1.807) is 72.8 Å². The molecule has 0 bridgehead atoms. The first-order valence-corrected chi connectivity index (χ1v) is 15.2. The Kier molecular flexibility index (Phi) is 8.16. The molecular formula is C42H16F6N4. The summed E-state index contributed by atoms with van der Waals surface area (Å²) in [7, 11) is 0. The molecule has 1 aliphatic rings. The van der Waals surface area contributed by atoms with Crippen molar-refractivity contribution in [3.05, 3.63) is 177 Å².